The number of Topliss-reactive ketones (excluding diaryl/α,β-unsaturated/α-hetero) is 1. The van der Waals surface area contributed by atoms with E-state index in [9.17, 15) is 14.4 Å². The molecule has 2 aromatic rings. The van der Waals surface area contributed by atoms with E-state index in [1.54, 1.807) is 29.2 Å². The number of halogens is 1. The topological polar surface area (TPSA) is 78.9 Å². The Morgan fingerprint density at radius 1 is 1.00 bits per heavy atom. The second-order valence-corrected chi connectivity index (χ2v) is 7.94. The number of carbonyl (C=O) groups is 3. The minimum absolute atomic E-state index is 0.0435. The van der Waals surface area contributed by atoms with Gasteiger partial charge in [0, 0.05) is 55.3 Å². The van der Waals surface area contributed by atoms with Gasteiger partial charge in [-0.3, -0.25) is 14.4 Å². The summed E-state index contributed by atoms with van der Waals surface area (Å²) in [6.45, 7) is 4.96. The fourth-order valence-corrected chi connectivity index (χ4v) is 3.72. The summed E-state index contributed by atoms with van der Waals surface area (Å²) < 4.78 is 5.36. The number of anilines is 1. The molecule has 0 bridgehead atoms. The lowest BCUT2D eigenvalue weighted by molar-refractivity contribution is -0.133. The van der Waals surface area contributed by atoms with E-state index in [0.717, 1.165) is 5.69 Å². The Balaban J connectivity index is 1.36. The van der Waals surface area contributed by atoms with Crippen LogP contribution in [0, 0.1) is 0 Å². The van der Waals surface area contributed by atoms with Crippen LogP contribution in [0.5, 0.6) is 5.75 Å². The molecule has 1 N–H and O–H groups in total. The van der Waals surface area contributed by atoms with Gasteiger partial charge >= 0.3 is 0 Å². The maximum atomic E-state index is 12.4. The molecule has 2 amide bonds. The number of hydrogen-bond acceptors (Lipinski definition) is 5. The van der Waals surface area contributed by atoms with Crippen LogP contribution >= 0.6 is 11.6 Å². The molecule has 1 saturated heterocycles. The number of nitrogens with zero attached hydrogens (tertiary/aromatic N) is 2. The first-order chi connectivity index (χ1) is 15.5. The summed E-state index contributed by atoms with van der Waals surface area (Å²) in [5.74, 6) is 0.150. The Bertz CT molecular complexity index is 941. The molecule has 0 unspecified atom stereocenters. The van der Waals surface area contributed by atoms with E-state index in [1.807, 2.05) is 31.2 Å². The number of nitrogens with one attached hydrogen (secondary N) is 1. The minimum atomic E-state index is -0.310. The van der Waals surface area contributed by atoms with Crippen LogP contribution in [-0.4, -0.2) is 61.8 Å². The summed E-state index contributed by atoms with van der Waals surface area (Å²) in [5.41, 5.74) is 1.57. The van der Waals surface area contributed by atoms with Crippen LogP contribution in [-0.2, 0) is 9.59 Å². The van der Waals surface area contributed by atoms with Gasteiger partial charge in [0.1, 0.15) is 5.75 Å². The average molecular weight is 458 g/mol. The predicted octanol–water partition coefficient (Wildman–Crippen LogP) is 3.17. The highest BCUT2D eigenvalue weighted by atomic mass is 35.5. The molecular formula is C24H28ClN3O4. The number of hydrogen-bond donors (Lipinski definition) is 1. The van der Waals surface area contributed by atoms with E-state index >= 15 is 0 Å². The fourth-order valence-electron chi connectivity index (χ4n) is 3.54. The van der Waals surface area contributed by atoms with Crippen molar-refractivity contribution in [1.82, 2.24) is 10.2 Å². The molecule has 3 rings (SSSR count). The summed E-state index contributed by atoms with van der Waals surface area (Å²) in [7, 11) is 0. The van der Waals surface area contributed by atoms with Crippen molar-refractivity contribution < 1.29 is 19.1 Å². The number of ketones is 1. The lowest BCUT2D eigenvalue weighted by atomic mass is 10.1. The number of rotatable bonds is 9. The number of benzene rings is 2. The largest absolute Gasteiger partial charge is 0.494 e. The molecule has 170 valence electrons. The van der Waals surface area contributed by atoms with Gasteiger partial charge in [-0.1, -0.05) is 17.7 Å². The number of ether oxygens (including phenoxy) is 1. The molecule has 7 nitrogen and oxygen atoms in total. The van der Waals surface area contributed by atoms with Crippen molar-refractivity contribution in [3.63, 3.8) is 0 Å². The molecule has 32 heavy (non-hydrogen) atoms. The van der Waals surface area contributed by atoms with Gasteiger partial charge in [0.15, 0.2) is 5.78 Å². The predicted molar refractivity (Wildman–Crippen MR) is 124 cm³/mol. The molecule has 8 heteroatoms. The molecule has 0 aromatic heterocycles. The fraction of sp³-hybridized carbons (Fsp3) is 0.375. The Morgan fingerprint density at radius 3 is 2.38 bits per heavy atom. The highest BCUT2D eigenvalue weighted by molar-refractivity contribution is 6.30. The molecule has 1 aliphatic heterocycles. The molecule has 0 saturated carbocycles. The summed E-state index contributed by atoms with van der Waals surface area (Å²) in [4.78, 5) is 40.7. The van der Waals surface area contributed by atoms with Crippen LogP contribution in [0.3, 0.4) is 0 Å². The molecule has 1 fully saturated rings. The van der Waals surface area contributed by atoms with E-state index in [1.165, 1.54) is 0 Å². The maximum absolute atomic E-state index is 12.4. The lowest BCUT2D eigenvalue weighted by Crippen LogP contribution is -2.51. The van der Waals surface area contributed by atoms with Crippen LogP contribution in [0.4, 0.5) is 5.69 Å². The summed E-state index contributed by atoms with van der Waals surface area (Å²) in [6, 6.07) is 14.5. The first-order valence-corrected chi connectivity index (χ1v) is 11.1. The Morgan fingerprint density at radius 2 is 1.72 bits per heavy atom. The number of amides is 2. The van der Waals surface area contributed by atoms with E-state index < -0.39 is 0 Å². The van der Waals surface area contributed by atoms with Gasteiger partial charge < -0.3 is 19.9 Å². The van der Waals surface area contributed by atoms with Crippen molar-refractivity contribution in [1.29, 1.82) is 0 Å². The zero-order chi connectivity index (χ0) is 22.9. The zero-order valence-electron chi connectivity index (χ0n) is 18.2. The number of piperazine rings is 1. The molecule has 0 spiro atoms. The second-order valence-electron chi connectivity index (χ2n) is 7.51. The monoisotopic (exact) mass is 457 g/mol. The van der Waals surface area contributed by atoms with Gasteiger partial charge in [-0.05, 0) is 49.4 Å². The zero-order valence-corrected chi connectivity index (χ0v) is 18.9. The van der Waals surface area contributed by atoms with Crippen molar-refractivity contribution in [3.05, 3.63) is 59.1 Å². The third kappa shape index (κ3) is 6.72. The Hall–Kier alpha value is -3.06. The third-order valence-corrected chi connectivity index (χ3v) is 5.54. The van der Waals surface area contributed by atoms with Crippen molar-refractivity contribution in [3.8, 4) is 5.75 Å². The second kappa shape index (κ2) is 11.5. The third-order valence-electron chi connectivity index (χ3n) is 5.31. The molecule has 0 atom stereocenters. The SMILES string of the molecule is CCOc1ccc(C(=O)CCC(=O)NCC(=O)N2CCN(c3cccc(Cl)c3)CC2)cc1. The summed E-state index contributed by atoms with van der Waals surface area (Å²) in [5, 5.41) is 3.31. The van der Waals surface area contributed by atoms with Gasteiger partial charge in [0.2, 0.25) is 11.8 Å². The molecule has 0 aliphatic carbocycles. The van der Waals surface area contributed by atoms with E-state index in [2.05, 4.69) is 10.2 Å². The summed E-state index contributed by atoms with van der Waals surface area (Å²) >= 11 is 6.05. The van der Waals surface area contributed by atoms with Crippen LogP contribution in [0.1, 0.15) is 30.1 Å². The lowest BCUT2D eigenvalue weighted by Gasteiger charge is -2.36. The van der Waals surface area contributed by atoms with Gasteiger partial charge in [0.25, 0.3) is 0 Å². The van der Waals surface area contributed by atoms with Gasteiger partial charge in [-0.15, -0.1) is 0 Å². The maximum Gasteiger partial charge on any atom is 0.242 e. The smallest absolute Gasteiger partial charge is 0.242 e. The van der Waals surface area contributed by atoms with E-state index in [-0.39, 0.29) is 37.0 Å². The van der Waals surface area contributed by atoms with Gasteiger partial charge in [-0.2, -0.15) is 0 Å². The Kier molecular flexibility index (Phi) is 8.50. The van der Waals surface area contributed by atoms with Crippen LogP contribution in [0.15, 0.2) is 48.5 Å². The van der Waals surface area contributed by atoms with Crippen molar-refractivity contribution in [2.45, 2.75) is 19.8 Å². The van der Waals surface area contributed by atoms with Gasteiger partial charge in [0.05, 0.1) is 13.2 Å². The molecule has 1 aliphatic rings. The highest BCUT2D eigenvalue weighted by Gasteiger charge is 2.21. The standard InChI is InChI=1S/C24H28ClN3O4/c1-2-32-21-8-6-18(7-9-21)22(29)10-11-23(30)26-17-24(31)28-14-12-27(13-15-28)20-5-3-4-19(25)16-20/h3-9,16H,2,10-15,17H2,1H3,(H,26,30). The minimum Gasteiger partial charge on any atom is -0.494 e. The number of carbonyl (C=O) groups excluding carboxylic acids is 3. The molecule has 1 heterocycles. The van der Waals surface area contributed by atoms with Crippen molar-refractivity contribution >= 4 is 34.9 Å². The first kappa shape index (κ1) is 23.6. The molecule has 0 radical (unpaired) electrons. The van der Waals surface area contributed by atoms with Crippen molar-refractivity contribution in [2.75, 3.05) is 44.2 Å². The van der Waals surface area contributed by atoms with Crippen LogP contribution < -0.4 is 15.0 Å². The Labute approximate surface area is 193 Å². The first-order valence-electron chi connectivity index (χ1n) is 10.8. The normalized spacial score (nSPS) is 13.6. The molecular weight excluding hydrogens is 430 g/mol. The average Bonchev–Trinajstić information content (AvgIpc) is 2.82. The molecule has 2 aromatic carbocycles. The van der Waals surface area contributed by atoms with Crippen LogP contribution in [0.25, 0.3) is 0 Å². The van der Waals surface area contributed by atoms with Crippen LogP contribution in [0.2, 0.25) is 5.02 Å². The summed E-state index contributed by atoms with van der Waals surface area (Å²) in [6.07, 6.45) is 0.133. The quantitative estimate of drug-likeness (QED) is 0.585. The van der Waals surface area contributed by atoms with E-state index in [4.69, 9.17) is 16.3 Å². The highest BCUT2D eigenvalue weighted by Crippen LogP contribution is 2.20. The van der Waals surface area contributed by atoms with Gasteiger partial charge in [-0.25, -0.2) is 0 Å². The van der Waals surface area contributed by atoms with E-state index in [0.29, 0.717) is 49.1 Å². The van der Waals surface area contributed by atoms with Crippen molar-refractivity contribution in [2.24, 2.45) is 0 Å².